The maximum absolute atomic E-state index is 11.3. The van der Waals surface area contributed by atoms with Crippen LogP contribution in [0.3, 0.4) is 0 Å². The van der Waals surface area contributed by atoms with Gasteiger partial charge in [-0.25, -0.2) is 13.1 Å². The van der Waals surface area contributed by atoms with E-state index >= 15 is 0 Å². The van der Waals surface area contributed by atoms with Crippen molar-refractivity contribution in [2.75, 3.05) is 5.75 Å². The van der Waals surface area contributed by atoms with Crippen molar-refractivity contribution in [2.45, 2.75) is 19.9 Å². The first-order valence-corrected chi connectivity index (χ1v) is 6.10. The number of nitrogens with zero attached hydrogens (tertiary/aromatic N) is 1. The van der Waals surface area contributed by atoms with E-state index < -0.39 is 10.0 Å². The standard InChI is InChI=1S/C9H14N2O2S/c1-3-14(12,13)11-8(2)9-5-4-6-10-7-9/h4-8,11H,3H2,1-2H3/t8-/m0/s1. The molecule has 1 N–H and O–H groups in total. The van der Waals surface area contributed by atoms with Crippen LogP contribution in [0.5, 0.6) is 0 Å². The van der Waals surface area contributed by atoms with Gasteiger partial charge in [0.05, 0.1) is 5.75 Å². The Morgan fingerprint density at radius 3 is 2.79 bits per heavy atom. The summed E-state index contributed by atoms with van der Waals surface area (Å²) < 4.78 is 25.1. The second-order valence-corrected chi connectivity index (χ2v) is 5.07. The zero-order chi connectivity index (χ0) is 10.6. The van der Waals surface area contributed by atoms with Crippen molar-refractivity contribution in [3.63, 3.8) is 0 Å². The summed E-state index contributed by atoms with van der Waals surface area (Å²) >= 11 is 0. The molecule has 1 heterocycles. The van der Waals surface area contributed by atoms with Crippen LogP contribution >= 0.6 is 0 Å². The van der Waals surface area contributed by atoms with Crippen LogP contribution in [-0.4, -0.2) is 19.2 Å². The fourth-order valence-corrected chi connectivity index (χ4v) is 1.89. The van der Waals surface area contributed by atoms with Gasteiger partial charge in [-0.15, -0.1) is 0 Å². The van der Waals surface area contributed by atoms with Crippen molar-refractivity contribution in [1.82, 2.24) is 9.71 Å². The number of hydrogen-bond acceptors (Lipinski definition) is 3. The fraction of sp³-hybridized carbons (Fsp3) is 0.444. The molecule has 78 valence electrons. The third-order valence-corrected chi connectivity index (χ3v) is 3.39. The minimum Gasteiger partial charge on any atom is -0.264 e. The molecule has 0 amide bonds. The minimum absolute atomic E-state index is 0.0948. The third-order valence-electron chi connectivity index (χ3n) is 1.92. The lowest BCUT2D eigenvalue weighted by Crippen LogP contribution is -2.28. The summed E-state index contributed by atoms with van der Waals surface area (Å²) in [5.74, 6) is 0.0948. The van der Waals surface area contributed by atoms with Gasteiger partial charge in [-0.1, -0.05) is 6.07 Å². The lowest BCUT2D eigenvalue weighted by Gasteiger charge is -2.12. The summed E-state index contributed by atoms with van der Waals surface area (Å²) in [5, 5.41) is 0. The molecule has 0 aliphatic rings. The first-order chi connectivity index (χ1) is 6.55. The summed E-state index contributed by atoms with van der Waals surface area (Å²) in [6, 6.07) is 3.40. The van der Waals surface area contributed by atoms with Crippen LogP contribution < -0.4 is 4.72 Å². The highest BCUT2D eigenvalue weighted by Gasteiger charge is 2.12. The molecule has 5 heteroatoms. The Morgan fingerprint density at radius 1 is 1.57 bits per heavy atom. The Hall–Kier alpha value is -0.940. The lowest BCUT2D eigenvalue weighted by atomic mass is 10.2. The number of rotatable bonds is 4. The summed E-state index contributed by atoms with van der Waals surface area (Å²) in [7, 11) is -3.14. The van der Waals surface area contributed by atoms with Gasteiger partial charge in [0.15, 0.2) is 0 Å². The van der Waals surface area contributed by atoms with E-state index in [9.17, 15) is 8.42 Å². The van der Waals surface area contributed by atoms with Crippen LogP contribution in [0.2, 0.25) is 0 Å². The van der Waals surface area contributed by atoms with Gasteiger partial charge in [0, 0.05) is 18.4 Å². The Kier molecular flexibility index (Phi) is 3.60. The topological polar surface area (TPSA) is 59.1 Å². The molecule has 0 saturated heterocycles. The van der Waals surface area contributed by atoms with Gasteiger partial charge in [-0.05, 0) is 25.5 Å². The first kappa shape index (κ1) is 11.1. The van der Waals surface area contributed by atoms with Gasteiger partial charge < -0.3 is 0 Å². The summed E-state index contributed by atoms with van der Waals surface area (Å²) in [6.45, 7) is 3.41. The first-order valence-electron chi connectivity index (χ1n) is 4.45. The Balaban J connectivity index is 2.74. The average molecular weight is 214 g/mol. The molecule has 0 bridgehead atoms. The second-order valence-electron chi connectivity index (χ2n) is 3.03. The van der Waals surface area contributed by atoms with Crippen molar-refractivity contribution in [3.05, 3.63) is 30.1 Å². The molecular weight excluding hydrogens is 200 g/mol. The van der Waals surface area contributed by atoms with E-state index in [1.165, 1.54) is 0 Å². The van der Waals surface area contributed by atoms with Crippen molar-refractivity contribution >= 4 is 10.0 Å². The Bertz CT molecular complexity index is 375. The molecule has 0 aliphatic carbocycles. The van der Waals surface area contributed by atoms with Crippen LogP contribution in [0.4, 0.5) is 0 Å². The van der Waals surface area contributed by atoms with E-state index in [-0.39, 0.29) is 11.8 Å². The van der Waals surface area contributed by atoms with Gasteiger partial charge >= 0.3 is 0 Å². The molecule has 4 nitrogen and oxygen atoms in total. The minimum atomic E-state index is -3.14. The van der Waals surface area contributed by atoms with Crippen molar-refractivity contribution in [1.29, 1.82) is 0 Å². The number of hydrogen-bond donors (Lipinski definition) is 1. The Morgan fingerprint density at radius 2 is 2.29 bits per heavy atom. The van der Waals surface area contributed by atoms with Crippen molar-refractivity contribution < 1.29 is 8.42 Å². The molecule has 0 aromatic carbocycles. The largest absolute Gasteiger partial charge is 0.264 e. The Labute approximate surface area is 84.4 Å². The van der Waals surface area contributed by atoms with Crippen LogP contribution in [0.15, 0.2) is 24.5 Å². The molecule has 0 fully saturated rings. The maximum Gasteiger partial charge on any atom is 0.211 e. The SMILES string of the molecule is CCS(=O)(=O)N[C@@H](C)c1cccnc1. The quantitative estimate of drug-likeness (QED) is 0.816. The van der Waals surface area contributed by atoms with E-state index in [1.54, 1.807) is 32.3 Å². The molecule has 0 spiro atoms. The third kappa shape index (κ3) is 3.08. The number of sulfonamides is 1. The zero-order valence-corrected chi connectivity index (χ0v) is 9.08. The smallest absolute Gasteiger partial charge is 0.211 e. The van der Waals surface area contributed by atoms with E-state index in [4.69, 9.17) is 0 Å². The highest BCUT2D eigenvalue weighted by molar-refractivity contribution is 7.89. The average Bonchev–Trinajstić information content (AvgIpc) is 2.19. The molecule has 1 atom stereocenters. The number of pyridine rings is 1. The van der Waals surface area contributed by atoms with Gasteiger partial charge in [0.25, 0.3) is 0 Å². The highest BCUT2D eigenvalue weighted by atomic mass is 32.2. The molecule has 0 unspecified atom stereocenters. The number of aromatic nitrogens is 1. The lowest BCUT2D eigenvalue weighted by molar-refractivity contribution is 0.568. The summed E-state index contributed by atoms with van der Waals surface area (Å²) in [4.78, 5) is 3.93. The predicted molar refractivity (Wildman–Crippen MR) is 55.2 cm³/mol. The molecule has 0 radical (unpaired) electrons. The van der Waals surface area contributed by atoms with Gasteiger partial charge in [0.1, 0.15) is 0 Å². The molecule has 1 aromatic heterocycles. The van der Waals surface area contributed by atoms with Crippen LogP contribution in [-0.2, 0) is 10.0 Å². The monoisotopic (exact) mass is 214 g/mol. The molecule has 0 aliphatic heterocycles. The van der Waals surface area contributed by atoms with Crippen LogP contribution in [0, 0.1) is 0 Å². The summed E-state index contributed by atoms with van der Waals surface area (Å²) in [6.07, 6.45) is 3.31. The normalized spacial score (nSPS) is 13.9. The predicted octanol–water partition coefficient (Wildman–Crippen LogP) is 1.08. The van der Waals surface area contributed by atoms with E-state index in [0.717, 1.165) is 5.56 Å². The summed E-state index contributed by atoms with van der Waals surface area (Å²) in [5.41, 5.74) is 0.865. The second kappa shape index (κ2) is 4.52. The maximum atomic E-state index is 11.3. The molecule has 14 heavy (non-hydrogen) atoms. The fourth-order valence-electron chi connectivity index (χ4n) is 1.05. The van der Waals surface area contributed by atoms with Crippen LogP contribution in [0.25, 0.3) is 0 Å². The zero-order valence-electron chi connectivity index (χ0n) is 8.27. The van der Waals surface area contributed by atoms with E-state index in [2.05, 4.69) is 9.71 Å². The van der Waals surface area contributed by atoms with Crippen molar-refractivity contribution in [2.24, 2.45) is 0 Å². The highest BCUT2D eigenvalue weighted by Crippen LogP contribution is 2.10. The van der Waals surface area contributed by atoms with Crippen molar-refractivity contribution in [3.8, 4) is 0 Å². The van der Waals surface area contributed by atoms with Gasteiger partial charge in [-0.2, -0.15) is 0 Å². The van der Waals surface area contributed by atoms with Gasteiger partial charge in [0.2, 0.25) is 10.0 Å². The molecular formula is C9H14N2O2S. The van der Waals surface area contributed by atoms with E-state index in [1.807, 2.05) is 6.07 Å². The molecule has 1 rings (SSSR count). The van der Waals surface area contributed by atoms with E-state index in [0.29, 0.717) is 0 Å². The molecule has 0 saturated carbocycles. The molecule has 1 aromatic rings. The van der Waals surface area contributed by atoms with Gasteiger partial charge in [-0.3, -0.25) is 4.98 Å². The number of nitrogens with one attached hydrogen (secondary N) is 1. The van der Waals surface area contributed by atoms with Crippen LogP contribution in [0.1, 0.15) is 25.5 Å².